The van der Waals surface area contributed by atoms with Gasteiger partial charge in [-0.15, -0.1) is 0 Å². The summed E-state index contributed by atoms with van der Waals surface area (Å²) in [7, 11) is 1.38. The minimum Gasteiger partial charge on any atom is -0.463 e. The van der Waals surface area contributed by atoms with Crippen LogP contribution < -0.4 is 5.32 Å². The molecular weight excluding hydrogens is 499 g/mol. The molecule has 0 aromatic heterocycles. The van der Waals surface area contributed by atoms with Gasteiger partial charge in [0.25, 0.3) is 0 Å². The molecule has 0 aliphatic carbocycles. The number of aliphatic imine (C=N–C) groups is 2. The number of hydrogen-bond acceptors (Lipinski definition) is 8. The summed E-state index contributed by atoms with van der Waals surface area (Å²) in [5.74, 6) is -0.909. The van der Waals surface area contributed by atoms with Crippen LogP contribution in [0.15, 0.2) is 50.9 Å². The van der Waals surface area contributed by atoms with E-state index < -0.39 is 34.2 Å². The van der Waals surface area contributed by atoms with Crippen molar-refractivity contribution in [2.75, 3.05) is 47.1 Å². The second-order valence-electron chi connectivity index (χ2n) is 8.00. The number of benzene rings is 1. The summed E-state index contributed by atoms with van der Waals surface area (Å²) in [4.78, 5) is 22.3. The molecule has 0 fully saturated rings. The molecule has 2 N–H and O–H groups in total. The van der Waals surface area contributed by atoms with E-state index in [1.807, 2.05) is 6.92 Å². The van der Waals surface area contributed by atoms with E-state index in [2.05, 4.69) is 15.3 Å². The first kappa shape index (κ1) is 31.0. The van der Waals surface area contributed by atoms with Gasteiger partial charge in [0.05, 0.1) is 16.3 Å². The van der Waals surface area contributed by atoms with Crippen LogP contribution in [-0.2, 0) is 19.4 Å². The Morgan fingerprint density at radius 1 is 1.28 bits per heavy atom. The van der Waals surface area contributed by atoms with Crippen LogP contribution in [0.1, 0.15) is 25.3 Å². The van der Waals surface area contributed by atoms with Crippen molar-refractivity contribution < 1.29 is 31.1 Å². The molecule has 0 unspecified atom stereocenters. The number of likely N-dealkylation sites (N-methyl/N-ethyl adjacent to an activating group) is 1. The Morgan fingerprint density at radius 3 is 2.47 bits per heavy atom. The number of amidine groups is 1. The highest BCUT2D eigenvalue weighted by Gasteiger charge is 2.33. The number of hydrogen-bond donors (Lipinski definition) is 2. The summed E-state index contributed by atoms with van der Waals surface area (Å²) in [6.45, 7) is 1.93. The average molecular weight is 532 g/mol. The number of carbonyl (C=O) groups excluding carboxylic acids is 1. The van der Waals surface area contributed by atoms with Crippen molar-refractivity contribution in [3.05, 3.63) is 41.6 Å². The first-order chi connectivity index (χ1) is 16.7. The molecule has 0 spiro atoms. The van der Waals surface area contributed by atoms with Gasteiger partial charge < -0.3 is 15.0 Å². The van der Waals surface area contributed by atoms with E-state index >= 15 is 0 Å². The van der Waals surface area contributed by atoms with Gasteiger partial charge in [-0.05, 0) is 44.3 Å². The Labute approximate surface area is 209 Å². The zero-order valence-electron chi connectivity index (χ0n) is 20.9. The molecule has 0 aliphatic rings. The molecule has 13 heteroatoms. The van der Waals surface area contributed by atoms with Gasteiger partial charge in [0, 0.05) is 19.8 Å². The zero-order chi connectivity index (χ0) is 27.5. The fourth-order valence-electron chi connectivity index (χ4n) is 2.75. The lowest BCUT2D eigenvalue weighted by molar-refractivity contribution is -0.142. The highest BCUT2D eigenvalue weighted by molar-refractivity contribution is 7.90. The molecule has 0 radical (unpaired) electrons. The summed E-state index contributed by atoms with van der Waals surface area (Å²) in [6.07, 6.45) is -2.41. The Bertz CT molecular complexity index is 1130. The lowest BCUT2D eigenvalue weighted by atomic mass is 10.1. The van der Waals surface area contributed by atoms with Crippen molar-refractivity contribution in [2.45, 2.75) is 30.8 Å². The molecule has 1 rings (SSSR count). The summed E-state index contributed by atoms with van der Waals surface area (Å²) in [5.41, 5.74) is -1.15. The summed E-state index contributed by atoms with van der Waals surface area (Å²) >= 11 is 0. The molecule has 0 atom stereocenters. The smallest absolute Gasteiger partial charge is 0.432 e. The molecule has 0 amide bonds. The van der Waals surface area contributed by atoms with Crippen LogP contribution in [0, 0.1) is 5.41 Å². The van der Waals surface area contributed by atoms with Crippen LogP contribution in [0.25, 0.3) is 0 Å². The molecule has 200 valence electrons. The third-order valence-electron chi connectivity index (χ3n) is 4.59. The lowest BCUT2D eigenvalue weighted by Gasteiger charge is -2.15. The Balaban J connectivity index is 3.39. The minimum atomic E-state index is -4.93. The number of alkyl halides is 3. The normalized spacial score (nSPS) is 13.6. The monoisotopic (exact) mass is 531 g/mol. The highest BCUT2D eigenvalue weighted by atomic mass is 32.2. The summed E-state index contributed by atoms with van der Waals surface area (Å²) in [6, 6.07) is 6.02. The van der Waals surface area contributed by atoms with Crippen LogP contribution >= 0.6 is 0 Å². The van der Waals surface area contributed by atoms with E-state index in [4.69, 9.17) is 10.1 Å². The van der Waals surface area contributed by atoms with Crippen molar-refractivity contribution >= 4 is 33.1 Å². The maximum atomic E-state index is 13.1. The fraction of sp³-hybridized carbons (Fsp3) is 0.478. The molecule has 0 bridgehead atoms. The number of nitrogens with one attached hydrogen (secondary N) is 2. The topological polar surface area (TPSA) is 124 Å². The molecule has 1 aromatic carbocycles. The predicted octanol–water partition coefficient (Wildman–Crippen LogP) is 2.87. The van der Waals surface area contributed by atoms with Gasteiger partial charge in [0.1, 0.15) is 18.9 Å². The van der Waals surface area contributed by atoms with Crippen molar-refractivity contribution in [3.63, 3.8) is 0 Å². The van der Waals surface area contributed by atoms with Crippen LogP contribution in [0.2, 0.25) is 0 Å². The van der Waals surface area contributed by atoms with E-state index in [1.54, 1.807) is 25.1 Å². The van der Waals surface area contributed by atoms with Gasteiger partial charge in [-0.25, -0.2) is 13.4 Å². The Hall–Kier alpha value is -3.06. The van der Waals surface area contributed by atoms with Crippen LogP contribution in [0.3, 0.4) is 0 Å². The molecule has 9 nitrogen and oxygen atoms in total. The maximum absolute atomic E-state index is 13.1. The van der Waals surface area contributed by atoms with Crippen molar-refractivity contribution in [1.82, 2.24) is 10.2 Å². The fourth-order valence-corrected chi connectivity index (χ4v) is 3.41. The third kappa shape index (κ3) is 10.7. The molecule has 0 saturated heterocycles. The number of rotatable bonds is 12. The lowest BCUT2D eigenvalue weighted by Crippen LogP contribution is -2.31. The van der Waals surface area contributed by atoms with E-state index in [0.717, 1.165) is 6.26 Å². The van der Waals surface area contributed by atoms with Crippen molar-refractivity contribution in [2.24, 2.45) is 9.98 Å². The van der Waals surface area contributed by atoms with E-state index in [9.17, 15) is 26.4 Å². The van der Waals surface area contributed by atoms with Crippen LogP contribution in [-0.4, -0.2) is 89.8 Å². The van der Waals surface area contributed by atoms with Gasteiger partial charge in [0.2, 0.25) is 0 Å². The number of allylic oxidation sites excluding steroid dienone is 1. The van der Waals surface area contributed by atoms with E-state index in [1.165, 1.54) is 25.2 Å². The summed E-state index contributed by atoms with van der Waals surface area (Å²) in [5, 5.41) is 9.92. The van der Waals surface area contributed by atoms with Gasteiger partial charge in [-0.1, -0.05) is 25.5 Å². The first-order valence-corrected chi connectivity index (χ1v) is 12.8. The van der Waals surface area contributed by atoms with Crippen LogP contribution in [0.5, 0.6) is 0 Å². The van der Waals surface area contributed by atoms with Gasteiger partial charge in [0.15, 0.2) is 15.7 Å². The van der Waals surface area contributed by atoms with Crippen LogP contribution in [0.4, 0.5) is 13.2 Å². The van der Waals surface area contributed by atoms with Crippen molar-refractivity contribution in [1.29, 1.82) is 5.41 Å². The molecular formula is C23H32F3N5O4S. The maximum Gasteiger partial charge on any atom is 0.432 e. The number of carbonyl (C=O) groups is 1. The minimum absolute atomic E-state index is 0.0620. The standard InChI is InChI=1S/C23H32F3N5O4S/c1-6-8-18(16-9-7-10-17(13-16)36(5,33)34)30-22(28-2)19(14-20(27)23(24,25)26)29-15-21(32)35-12-11-31(3)4/h7,9-10,13-14,27,29H,6,8,11-12,15H2,1-5H3/b19-14-,27-20?,28-22-,30-18+. The second kappa shape index (κ2) is 13.9. The van der Waals surface area contributed by atoms with Gasteiger partial charge in [-0.3, -0.25) is 15.2 Å². The van der Waals surface area contributed by atoms with E-state index in [0.29, 0.717) is 36.7 Å². The quantitative estimate of drug-likeness (QED) is 0.243. The number of halogens is 3. The van der Waals surface area contributed by atoms with Gasteiger partial charge in [-0.2, -0.15) is 13.2 Å². The average Bonchev–Trinajstić information content (AvgIpc) is 2.78. The molecule has 36 heavy (non-hydrogen) atoms. The van der Waals surface area contributed by atoms with Gasteiger partial charge >= 0.3 is 12.1 Å². The third-order valence-corrected chi connectivity index (χ3v) is 5.70. The highest BCUT2D eigenvalue weighted by Crippen LogP contribution is 2.19. The second-order valence-corrected chi connectivity index (χ2v) is 10.0. The molecule has 0 aliphatic heterocycles. The Kier molecular flexibility index (Phi) is 11.9. The summed E-state index contributed by atoms with van der Waals surface area (Å²) < 4.78 is 68.3. The molecule has 1 aromatic rings. The predicted molar refractivity (Wildman–Crippen MR) is 134 cm³/mol. The zero-order valence-corrected chi connectivity index (χ0v) is 21.8. The molecule has 0 saturated carbocycles. The Morgan fingerprint density at radius 2 is 1.94 bits per heavy atom. The number of esters is 1. The number of ether oxygens (including phenoxy) is 1. The largest absolute Gasteiger partial charge is 0.463 e. The number of sulfone groups is 1. The number of nitrogens with zero attached hydrogens (tertiary/aromatic N) is 3. The molecule has 0 heterocycles. The first-order valence-electron chi connectivity index (χ1n) is 11.0. The van der Waals surface area contributed by atoms with Crippen molar-refractivity contribution in [3.8, 4) is 0 Å². The SMILES string of the molecule is CCC\C(=N/C(=N\C)C(=C/C(=N)C(F)(F)F)/NCC(=O)OCCN(C)C)c1cccc(S(C)(=O)=O)c1. The van der Waals surface area contributed by atoms with E-state index in [-0.39, 0.29) is 23.0 Å².